The van der Waals surface area contributed by atoms with Gasteiger partial charge in [0.05, 0.1) is 6.04 Å². The summed E-state index contributed by atoms with van der Waals surface area (Å²) in [5, 5.41) is 11.0. The van der Waals surface area contributed by atoms with Crippen LogP contribution in [0.5, 0.6) is 0 Å². The second-order valence-corrected chi connectivity index (χ2v) is 3.20. The maximum Gasteiger partial charge on any atom is 0.327 e. The lowest BCUT2D eigenvalue weighted by Gasteiger charge is -2.15. The molecule has 0 aliphatic heterocycles. The third kappa shape index (κ3) is 5.03. The number of terminal acetylenes is 1. The summed E-state index contributed by atoms with van der Waals surface area (Å²) >= 11 is 0. The summed E-state index contributed by atoms with van der Waals surface area (Å²) in [4.78, 5) is 22.0. The predicted molar refractivity (Wildman–Crippen MR) is 55.9 cm³/mol. The molecule has 4 N–H and O–H groups in total. The average molecular weight is 212 g/mol. The molecule has 0 saturated heterocycles. The van der Waals surface area contributed by atoms with Crippen LogP contribution >= 0.6 is 0 Å². The zero-order valence-electron chi connectivity index (χ0n) is 8.69. The van der Waals surface area contributed by atoms with E-state index in [-0.39, 0.29) is 6.42 Å². The van der Waals surface area contributed by atoms with Gasteiger partial charge >= 0.3 is 5.97 Å². The number of carboxylic acid groups (broad SMARTS) is 1. The minimum absolute atomic E-state index is 0.0417. The van der Waals surface area contributed by atoms with Gasteiger partial charge in [0, 0.05) is 6.42 Å². The molecule has 0 radical (unpaired) electrons. The molecule has 0 aliphatic rings. The van der Waals surface area contributed by atoms with E-state index in [0.29, 0.717) is 6.42 Å². The molecule has 0 aromatic carbocycles. The van der Waals surface area contributed by atoms with Crippen LogP contribution in [0.15, 0.2) is 0 Å². The highest BCUT2D eigenvalue weighted by atomic mass is 16.4. The SMILES string of the molecule is C#CCC(NC(=O)[C@H](N)CCC)C(=O)O. The second-order valence-electron chi connectivity index (χ2n) is 3.20. The van der Waals surface area contributed by atoms with Crippen molar-refractivity contribution in [3.05, 3.63) is 0 Å². The normalized spacial score (nSPS) is 13.7. The van der Waals surface area contributed by atoms with Crippen LogP contribution in [-0.2, 0) is 9.59 Å². The largest absolute Gasteiger partial charge is 0.480 e. The van der Waals surface area contributed by atoms with Gasteiger partial charge in [0.2, 0.25) is 5.91 Å². The van der Waals surface area contributed by atoms with Crippen LogP contribution in [0.1, 0.15) is 26.2 Å². The molecule has 1 unspecified atom stereocenters. The molecular weight excluding hydrogens is 196 g/mol. The molecule has 0 rings (SSSR count). The van der Waals surface area contributed by atoms with Crippen molar-refractivity contribution in [2.45, 2.75) is 38.3 Å². The summed E-state index contributed by atoms with van der Waals surface area (Å²) in [6, 6.07) is -1.72. The Morgan fingerprint density at radius 1 is 1.60 bits per heavy atom. The van der Waals surface area contributed by atoms with Gasteiger partial charge in [0.15, 0.2) is 0 Å². The summed E-state index contributed by atoms with van der Waals surface area (Å²) < 4.78 is 0. The smallest absolute Gasteiger partial charge is 0.327 e. The van der Waals surface area contributed by atoms with Crippen LogP contribution in [0.4, 0.5) is 0 Å². The van der Waals surface area contributed by atoms with Gasteiger partial charge in [-0.25, -0.2) is 4.79 Å². The van der Waals surface area contributed by atoms with Crippen molar-refractivity contribution in [3.63, 3.8) is 0 Å². The highest BCUT2D eigenvalue weighted by Gasteiger charge is 2.21. The molecule has 0 fully saturated rings. The zero-order valence-corrected chi connectivity index (χ0v) is 8.69. The molecule has 0 heterocycles. The number of rotatable bonds is 6. The molecule has 0 aromatic heterocycles. The van der Waals surface area contributed by atoms with Crippen molar-refractivity contribution in [2.75, 3.05) is 0 Å². The molecule has 5 nitrogen and oxygen atoms in total. The second kappa shape index (κ2) is 6.85. The number of carbonyl (C=O) groups excluding carboxylic acids is 1. The first-order valence-electron chi connectivity index (χ1n) is 4.75. The summed E-state index contributed by atoms with van der Waals surface area (Å²) in [7, 11) is 0. The number of hydrogen-bond donors (Lipinski definition) is 3. The Hall–Kier alpha value is -1.54. The van der Waals surface area contributed by atoms with E-state index < -0.39 is 24.0 Å². The number of carboxylic acids is 1. The summed E-state index contributed by atoms with van der Waals surface area (Å²) in [6.45, 7) is 1.89. The summed E-state index contributed by atoms with van der Waals surface area (Å²) in [5.74, 6) is 0.568. The van der Waals surface area contributed by atoms with Crippen LogP contribution in [-0.4, -0.2) is 29.1 Å². The summed E-state index contributed by atoms with van der Waals surface area (Å²) in [5.41, 5.74) is 5.52. The first-order chi connectivity index (χ1) is 7.02. The minimum atomic E-state index is -1.15. The standard InChI is InChI=1S/C10H16N2O3/c1-3-5-7(11)9(13)12-8(6-4-2)10(14)15/h2,7-8H,3,5-6,11H2,1H3,(H,12,13)(H,14,15)/t7-,8?/m1/s1. The monoisotopic (exact) mass is 212 g/mol. The third-order valence-corrected chi connectivity index (χ3v) is 1.87. The van der Waals surface area contributed by atoms with E-state index in [4.69, 9.17) is 17.3 Å². The minimum Gasteiger partial charge on any atom is -0.480 e. The van der Waals surface area contributed by atoms with Crippen molar-refractivity contribution in [1.82, 2.24) is 5.32 Å². The molecule has 15 heavy (non-hydrogen) atoms. The highest BCUT2D eigenvalue weighted by molar-refractivity contribution is 5.86. The Bertz CT molecular complexity index is 270. The van der Waals surface area contributed by atoms with Gasteiger partial charge in [0.1, 0.15) is 6.04 Å². The molecule has 5 heteroatoms. The van der Waals surface area contributed by atoms with Crippen LogP contribution in [0, 0.1) is 12.3 Å². The van der Waals surface area contributed by atoms with Crippen LogP contribution < -0.4 is 11.1 Å². The highest BCUT2D eigenvalue weighted by Crippen LogP contribution is 1.96. The van der Waals surface area contributed by atoms with Gasteiger partial charge < -0.3 is 16.2 Å². The van der Waals surface area contributed by atoms with Gasteiger partial charge in [-0.3, -0.25) is 4.79 Å². The van der Waals surface area contributed by atoms with Crippen LogP contribution in [0.25, 0.3) is 0 Å². The average Bonchev–Trinajstić information content (AvgIpc) is 2.17. The van der Waals surface area contributed by atoms with Crippen LogP contribution in [0.2, 0.25) is 0 Å². The molecule has 0 bridgehead atoms. The fourth-order valence-electron chi connectivity index (χ4n) is 1.04. The number of nitrogens with two attached hydrogens (primary N) is 1. The molecule has 2 atom stereocenters. The van der Waals surface area contributed by atoms with Crippen molar-refractivity contribution >= 4 is 11.9 Å². The van der Waals surface area contributed by atoms with E-state index in [1.54, 1.807) is 0 Å². The number of amides is 1. The van der Waals surface area contributed by atoms with E-state index in [1.807, 2.05) is 6.92 Å². The van der Waals surface area contributed by atoms with Gasteiger partial charge in [-0.2, -0.15) is 0 Å². The van der Waals surface area contributed by atoms with Crippen LogP contribution in [0.3, 0.4) is 0 Å². The van der Waals surface area contributed by atoms with Crippen molar-refractivity contribution in [1.29, 1.82) is 0 Å². The van der Waals surface area contributed by atoms with Gasteiger partial charge in [-0.15, -0.1) is 12.3 Å². The lowest BCUT2D eigenvalue weighted by Crippen LogP contribution is -2.48. The van der Waals surface area contributed by atoms with Gasteiger partial charge in [-0.1, -0.05) is 13.3 Å². The fraction of sp³-hybridized carbons (Fsp3) is 0.600. The number of nitrogens with one attached hydrogen (secondary N) is 1. The van der Waals surface area contributed by atoms with E-state index in [0.717, 1.165) is 6.42 Å². The molecular formula is C10H16N2O3. The maximum absolute atomic E-state index is 11.4. The van der Waals surface area contributed by atoms with Crippen molar-refractivity contribution in [3.8, 4) is 12.3 Å². The quantitative estimate of drug-likeness (QED) is 0.527. The van der Waals surface area contributed by atoms with E-state index in [9.17, 15) is 9.59 Å². The van der Waals surface area contributed by atoms with Gasteiger partial charge in [-0.05, 0) is 6.42 Å². The van der Waals surface area contributed by atoms with Crippen molar-refractivity contribution < 1.29 is 14.7 Å². The zero-order chi connectivity index (χ0) is 11.8. The Labute approximate surface area is 89.0 Å². The first-order valence-corrected chi connectivity index (χ1v) is 4.75. The van der Waals surface area contributed by atoms with E-state index in [2.05, 4.69) is 11.2 Å². The maximum atomic E-state index is 11.4. The predicted octanol–water partition coefficient (Wildman–Crippen LogP) is -0.293. The number of aliphatic carboxylic acids is 1. The fourth-order valence-corrected chi connectivity index (χ4v) is 1.04. The molecule has 0 aliphatic carbocycles. The summed E-state index contributed by atoms with van der Waals surface area (Å²) in [6.07, 6.45) is 6.23. The Morgan fingerprint density at radius 2 is 2.20 bits per heavy atom. The molecule has 84 valence electrons. The Morgan fingerprint density at radius 3 is 2.60 bits per heavy atom. The number of hydrogen-bond acceptors (Lipinski definition) is 3. The lowest BCUT2D eigenvalue weighted by molar-refractivity contribution is -0.141. The molecule has 0 saturated carbocycles. The van der Waals surface area contributed by atoms with Gasteiger partial charge in [0.25, 0.3) is 0 Å². The Kier molecular flexibility index (Phi) is 6.14. The number of carbonyl (C=O) groups is 2. The van der Waals surface area contributed by atoms with Crippen molar-refractivity contribution in [2.24, 2.45) is 5.73 Å². The van der Waals surface area contributed by atoms with E-state index >= 15 is 0 Å². The molecule has 0 aromatic rings. The Balaban J connectivity index is 4.23. The first kappa shape index (κ1) is 13.5. The topological polar surface area (TPSA) is 92.4 Å². The third-order valence-electron chi connectivity index (χ3n) is 1.87. The lowest BCUT2D eigenvalue weighted by atomic mass is 10.1. The van der Waals surface area contributed by atoms with E-state index in [1.165, 1.54) is 0 Å². The molecule has 1 amide bonds. The molecule has 0 spiro atoms.